The van der Waals surface area contributed by atoms with Gasteiger partial charge in [-0.25, -0.2) is 0 Å². The molecule has 4 nitrogen and oxygen atoms in total. The van der Waals surface area contributed by atoms with Crippen molar-refractivity contribution in [2.75, 3.05) is 5.32 Å². The van der Waals surface area contributed by atoms with E-state index >= 15 is 0 Å². The number of carbonyl (C=O) groups excluding carboxylic acids is 1. The molecular weight excluding hydrogens is 228 g/mol. The first-order valence-corrected chi connectivity index (χ1v) is 5.90. The Morgan fingerprint density at radius 3 is 2.83 bits per heavy atom. The molecule has 0 aliphatic heterocycles. The zero-order valence-electron chi connectivity index (χ0n) is 10.2. The summed E-state index contributed by atoms with van der Waals surface area (Å²) >= 11 is 0. The third-order valence-corrected chi connectivity index (χ3v) is 2.78. The van der Waals surface area contributed by atoms with Crippen LogP contribution in [0.25, 0.3) is 0 Å². The molecule has 4 heteroatoms. The van der Waals surface area contributed by atoms with E-state index in [-0.39, 0.29) is 6.04 Å². The first-order valence-electron chi connectivity index (χ1n) is 5.90. The average molecular weight is 244 g/mol. The Hall–Kier alpha value is -2.23. The monoisotopic (exact) mass is 244 g/mol. The van der Waals surface area contributed by atoms with E-state index in [1.807, 2.05) is 18.2 Å². The van der Waals surface area contributed by atoms with E-state index in [2.05, 4.69) is 12.2 Å². The molecule has 0 spiro atoms. The van der Waals surface area contributed by atoms with Crippen molar-refractivity contribution in [3.8, 4) is 0 Å². The number of primary amides is 1. The molecule has 3 N–H and O–H groups in total. The molecule has 94 valence electrons. The van der Waals surface area contributed by atoms with Crippen LogP contribution in [-0.2, 0) is 0 Å². The largest absolute Gasteiger partial charge is 0.467 e. The number of anilines is 1. The van der Waals surface area contributed by atoms with Crippen molar-refractivity contribution in [1.29, 1.82) is 0 Å². The second kappa shape index (κ2) is 5.40. The Kier molecular flexibility index (Phi) is 3.67. The van der Waals surface area contributed by atoms with Gasteiger partial charge in [0.1, 0.15) is 5.76 Å². The van der Waals surface area contributed by atoms with Gasteiger partial charge in [0.25, 0.3) is 0 Å². The van der Waals surface area contributed by atoms with Gasteiger partial charge in [0.2, 0.25) is 5.91 Å². The van der Waals surface area contributed by atoms with Crippen LogP contribution in [0.5, 0.6) is 0 Å². The number of carbonyl (C=O) groups is 1. The van der Waals surface area contributed by atoms with Crippen molar-refractivity contribution >= 4 is 11.6 Å². The van der Waals surface area contributed by atoms with Gasteiger partial charge in [0.15, 0.2) is 0 Å². The molecular formula is C14H16N2O2. The molecule has 1 amide bonds. The molecule has 2 aromatic rings. The minimum atomic E-state index is -0.426. The van der Waals surface area contributed by atoms with Crippen molar-refractivity contribution in [2.24, 2.45) is 5.73 Å². The molecule has 2 rings (SSSR count). The van der Waals surface area contributed by atoms with Crippen LogP contribution in [0.3, 0.4) is 0 Å². The summed E-state index contributed by atoms with van der Waals surface area (Å²) in [5.74, 6) is 0.451. The summed E-state index contributed by atoms with van der Waals surface area (Å²) in [5.41, 5.74) is 6.61. The Balaban J connectivity index is 2.17. The fourth-order valence-corrected chi connectivity index (χ4v) is 1.83. The first-order chi connectivity index (χ1) is 8.70. The highest BCUT2D eigenvalue weighted by Crippen LogP contribution is 2.23. The zero-order valence-corrected chi connectivity index (χ0v) is 10.2. The van der Waals surface area contributed by atoms with Crippen LogP contribution in [0.15, 0.2) is 47.1 Å². The first kappa shape index (κ1) is 12.2. The van der Waals surface area contributed by atoms with Crippen molar-refractivity contribution in [3.63, 3.8) is 0 Å². The van der Waals surface area contributed by atoms with Gasteiger partial charge in [0.05, 0.1) is 12.3 Å². The number of amides is 1. The molecule has 1 heterocycles. The van der Waals surface area contributed by atoms with Crippen LogP contribution in [0.4, 0.5) is 5.69 Å². The van der Waals surface area contributed by atoms with Crippen molar-refractivity contribution in [1.82, 2.24) is 0 Å². The second-order valence-electron chi connectivity index (χ2n) is 4.07. The molecule has 0 radical (unpaired) electrons. The molecule has 1 atom stereocenters. The summed E-state index contributed by atoms with van der Waals surface area (Å²) in [6.07, 6.45) is 2.54. The van der Waals surface area contributed by atoms with E-state index in [1.165, 1.54) is 0 Å². The fraction of sp³-hybridized carbons (Fsp3) is 0.214. The average Bonchev–Trinajstić information content (AvgIpc) is 2.90. The summed E-state index contributed by atoms with van der Waals surface area (Å²) in [6, 6.07) is 11.0. The van der Waals surface area contributed by atoms with Crippen LogP contribution < -0.4 is 11.1 Å². The maximum atomic E-state index is 11.1. The number of rotatable bonds is 5. The van der Waals surface area contributed by atoms with Gasteiger partial charge in [-0.05, 0) is 36.8 Å². The zero-order chi connectivity index (χ0) is 13.0. The van der Waals surface area contributed by atoms with Gasteiger partial charge in [-0.1, -0.05) is 13.0 Å². The number of nitrogens with two attached hydrogens (primary N) is 1. The Labute approximate surface area is 106 Å². The van der Waals surface area contributed by atoms with E-state index < -0.39 is 5.91 Å². The lowest BCUT2D eigenvalue weighted by atomic mass is 10.1. The standard InChI is InChI=1S/C14H16N2O2/c1-2-12(13-7-4-8-18-13)16-11-6-3-5-10(9-11)14(15)17/h3-9,12,16H,2H2,1H3,(H2,15,17). The Bertz CT molecular complexity index is 520. The predicted octanol–water partition coefficient (Wildman–Crippen LogP) is 2.94. The molecule has 0 bridgehead atoms. The van der Waals surface area contributed by atoms with E-state index in [1.54, 1.807) is 24.5 Å². The summed E-state index contributed by atoms with van der Waals surface area (Å²) in [7, 11) is 0. The van der Waals surface area contributed by atoms with E-state index in [0.29, 0.717) is 5.56 Å². The lowest BCUT2D eigenvalue weighted by Crippen LogP contribution is -2.12. The van der Waals surface area contributed by atoms with Gasteiger partial charge in [-0.2, -0.15) is 0 Å². The highest BCUT2D eigenvalue weighted by molar-refractivity contribution is 5.93. The molecule has 0 aliphatic carbocycles. The van der Waals surface area contributed by atoms with Crippen LogP contribution in [-0.4, -0.2) is 5.91 Å². The fourth-order valence-electron chi connectivity index (χ4n) is 1.83. The van der Waals surface area contributed by atoms with Crippen LogP contribution in [0.2, 0.25) is 0 Å². The molecule has 1 aromatic carbocycles. The van der Waals surface area contributed by atoms with Crippen LogP contribution in [0, 0.1) is 0 Å². The minimum Gasteiger partial charge on any atom is -0.467 e. The lowest BCUT2D eigenvalue weighted by Gasteiger charge is -2.16. The third kappa shape index (κ3) is 2.71. The number of nitrogens with one attached hydrogen (secondary N) is 1. The number of benzene rings is 1. The predicted molar refractivity (Wildman–Crippen MR) is 70.3 cm³/mol. The lowest BCUT2D eigenvalue weighted by molar-refractivity contribution is 0.100. The van der Waals surface area contributed by atoms with Crippen LogP contribution >= 0.6 is 0 Å². The molecule has 1 aromatic heterocycles. The Morgan fingerprint density at radius 1 is 1.39 bits per heavy atom. The number of hydrogen-bond acceptors (Lipinski definition) is 3. The molecule has 0 saturated heterocycles. The number of furan rings is 1. The minimum absolute atomic E-state index is 0.0862. The molecule has 0 fully saturated rings. The van der Waals surface area contributed by atoms with Gasteiger partial charge >= 0.3 is 0 Å². The summed E-state index contributed by atoms with van der Waals surface area (Å²) < 4.78 is 5.38. The van der Waals surface area contributed by atoms with Crippen LogP contribution in [0.1, 0.15) is 35.5 Å². The number of hydrogen-bond donors (Lipinski definition) is 2. The summed E-state index contributed by atoms with van der Waals surface area (Å²) in [4.78, 5) is 11.1. The van der Waals surface area contributed by atoms with E-state index in [4.69, 9.17) is 10.2 Å². The van der Waals surface area contributed by atoms with Gasteiger partial charge in [-0.15, -0.1) is 0 Å². The van der Waals surface area contributed by atoms with Gasteiger partial charge in [-0.3, -0.25) is 4.79 Å². The van der Waals surface area contributed by atoms with Crippen molar-refractivity contribution in [2.45, 2.75) is 19.4 Å². The normalized spacial score (nSPS) is 12.1. The maximum absolute atomic E-state index is 11.1. The maximum Gasteiger partial charge on any atom is 0.248 e. The van der Waals surface area contributed by atoms with Crippen molar-refractivity contribution in [3.05, 3.63) is 54.0 Å². The molecule has 1 unspecified atom stereocenters. The van der Waals surface area contributed by atoms with E-state index in [9.17, 15) is 4.79 Å². The quantitative estimate of drug-likeness (QED) is 0.849. The van der Waals surface area contributed by atoms with Gasteiger partial charge < -0.3 is 15.5 Å². The highest BCUT2D eigenvalue weighted by Gasteiger charge is 2.12. The van der Waals surface area contributed by atoms with Crippen molar-refractivity contribution < 1.29 is 9.21 Å². The smallest absolute Gasteiger partial charge is 0.248 e. The topological polar surface area (TPSA) is 68.3 Å². The second-order valence-corrected chi connectivity index (χ2v) is 4.07. The molecule has 18 heavy (non-hydrogen) atoms. The molecule has 0 saturated carbocycles. The van der Waals surface area contributed by atoms with E-state index in [0.717, 1.165) is 17.9 Å². The third-order valence-electron chi connectivity index (χ3n) is 2.78. The summed E-state index contributed by atoms with van der Waals surface area (Å²) in [5, 5.41) is 3.32. The molecule has 0 aliphatic rings. The summed E-state index contributed by atoms with van der Waals surface area (Å²) in [6.45, 7) is 2.07. The highest BCUT2D eigenvalue weighted by atomic mass is 16.3. The SMILES string of the molecule is CCC(Nc1cccc(C(N)=O)c1)c1ccco1. The van der Waals surface area contributed by atoms with Gasteiger partial charge in [0, 0.05) is 11.3 Å². The Morgan fingerprint density at radius 2 is 2.22 bits per heavy atom.